The van der Waals surface area contributed by atoms with Crippen molar-refractivity contribution in [2.75, 3.05) is 26.4 Å². The number of rotatable bonds is 5. The van der Waals surface area contributed by atoms with Crippen molar-refractivity contribution in [1.29, 1.82) is 0 Å². The molecule has 0 aliphatic carbocycles. The first kappa shape index (κ1) is 15.5. The monoisotopic (exact) mass is 293 g/mol. The lowest BCUT2D eigenvalue weighted by molar-refractivity contribution is -0.164. The Morgan fingerprint density at radius 2 is 2.14 bits per heavy atom. The summed E-state index contributed by atoms with van der Waals surface area (Å²) in [5, 5.41) is 9.23. The molecule has 2 unspecified atom stereocenters. The second-order valence-electron chi connectivity index (χ2n) is 4.71. The lowest BCUT2D eigenvalue weighted by Crippen LogP contribution is -2.54. The predicted octanol–water partition coefficient (Wildman–Crippen LogP) is 1.08. The van der Waals surface area contributed by atoms with Crippen LogP contribution in [0, 0.1) is 0 Å². The molecule has 114 valence electrons. The molecule has 1 aromatic carbocycles. The van der Waals surface area contributed by atoms with Gasteiger partial charge in [0.05, 0.1) is 13.2 Å². The average molecular weight is 293 g/mol. The lowest BCUT2D eigenvalue weighted by Gasteiger charge is -2.35. The molecule has 0 spiro atoms. The van der Waals surface area contributed by atoms with Gasteiger partial charge in [-0.1, -0.05) is 30.3 Å². The van der Waals surface area contributed by atoms with Crippen LogP contribution in [-0.2, 0) is 19.1 Å². The molecule has 1 amide bonds. The molecule has 6 nitrogen and oxygen atoms in total. The number of morpholine rings is 1. The highest BCUT2D eigenvalue weighted by molar-refractivity contribution is 5.87. The van der Waals surface area contributed by atoms with E-state index in [0.717, 1.165) is 5.56 Å². The van der Waals surface area contributed by atoms with Gasteiger partial charge in [-0.2, -0.15) is 0 Å². The Morgan fingerprint density at radius 1 is 1.43 bits per heavy atom. The standard InChI is InChI=1S/C15H19NO5/c1-2-21-13(11-6-4-3-5-7-11)14(17)16-8-9-20-10-12(16)15(18)19/h3-7,12-13H,2,8-10H2,1H3,(H,18,19). The smallest absolute Gasteiger partial charge is 0.328 e. The highest BCUT2D eigenvalue weighted by Gasteiger charge is 2.36. The molecular formula is C15H19NO5. The number of carbonyl (C=O) groups excluding carboxylic acids is 1. The fraction of sp³-hybridized carbons (Fsp3) is 0.467. The van der Waals surface area contributed by atoms with Gasteiger partial charge in [0.25, 0.3) is 5.91 Å². The van der Waals surface area contributed by atoms with Gasteiger partial charge in [0.1, 0.15) is 0 Å². The van der Waals surface area contributed by atoms with Crippen molar-refractivity contribution >= 4 is 11.9 Å². The zero-order valence-electron chi connectivity index (χ0n) is 11.9. The van der Waals surface area contributed by atoms with Crippen molar-refractivity contribution in [3.8, 4) is 0 Å². The number of hydrogen-bond acceptors (Lipinski definition) is 4. The maximum Gasteiger partial charge on any atom is 0.328 e. The van der Waals surface area contributed by atoms with Crippen molar-refractivity contribution in [1.82, 2.24) is 4.90 Å². The molecule has 1 heterocycles. The molecule has 1 fully saturated rings. The van der Waals surface area contributed by atoms with Crippen LogP contribution >= 0.6 is 0 Å². The van der Waals surface area contributed by atoms with E-state index in [1.165, 1.54) is 4.90 Å². The minimum Gasteiger partial charge on any atom is -0.480 e. The largest absolute Gasteiger partial charge is 0.480 e. The fourth-order valence-corrected chi connectivity index (χ4v) is 2.33. The molecule has 1 aromatic rings. The van der Waals surface area contributed by atoms with Crippen LogP contribution in [0.15, 0.2) is 30.3 Å². The van der Waals surface area contributed by atoms with Gasteiger partial charge in [0.15, 0.2) is 12.1 Å². The van der Waals surface area contributed by atoms with Gasteiger partial charge in [-0.3, -0.25) is 4.79 Å². The number of amides is 1. The van der Waals surface area contributed by atoms with Crippen molar-refractivity contribution in [2.24, 2.45) is 0 Å². The Morgan fingerprint density at radius 3 is 2.76 bits per heavy atom. The van der Waals surface area contributed by atoms with Crippen molar-refractivity contribution < 1.29 is 24.2 Å². The van der Waals surface area contributed by atoms with Crippen molar-refractivity contribution in [3.63, 3.8) is 0 Å². The van der Waals surface area contributed by atoms with Gasteiger partial charge >= 0.3 is 5.97 Å². The quantitative estimate of drug-likeness (QED) is 0.879. The molecule has 21 heavy (non-hydrogen) atoms. The number of aliphatic carboxylic acids is 1. The van der Waals surface area contributed by atoms with Crippen LogP contribution in [0.4, 0.5) is 0 Å². The number of hydrogen-bond donors (Lipinski definition) is 1. The van der Waals surface area contributed by atoms with Crippen LogP contribution in [0.25, 0.3) is 0 Å². The van der Waals surface area contributed by atoms with E-state index in [4.69, 9.17) is 9.47 Å². The van der Waals surface area contributed by atoms with Gasteiger partial charge in [-0.25, -0.2) is 4.79 Å². The van der Waals surface area contributed by atoms with E-state index in [0.29, 0.717) is 13.2 Å². The van der Waals surface area contributed by atoms with E-state index in [9.17, 15) is 14.7 Å². The number of carbonyl (C=O) groups is 2. The van der Waals surface area contributed by atoms with Crippen LogP contribution in [0.1, 0.15) is 18.6 Å². The third kappa shape index (κ3) is 3.59. The molecule has 2 rings (SSSR count). The van der Waals surface area contributed by atoms with E-state index in [2.05, 4.69) is 0 Å². The summed E-state index contributed by atoms with van der Waals surface area (Å²) >= 11 is 0. The Kier molecular flexibility index (Phi) is 5.30. The van der Waals surface area contributed by atoms with Crippen molar-refractivity contribution in [2.45, 2.75) is 19.1 Å². The summed E-state index contributed by atoms with van der Waals surface area (Å²) in [5.41, 5.74) is 0.722. The molecule has 1 aliphatic rings. The van der Waals surface area contributed by atoms with E-state index in [1.807, 2.05) is 18.2 Å². The third-order valence-corrected chi connectivity index (χ3v) is 3.36. The molecule has 1 N–H and O–H groups in total. The van der Waals surface area contributed by atoms with Crippen LogP contribution < -0.4 is 0 Å². The number of benzene rings is 1. The maximum absolute atomic E-state index is 12.7. The molecular weight excluding hydrogens is 274 g/mol. The minimum atomic E-state index is -1.06. The Bertz CT molecular complexity index is 490. The van der Waals surface area contributed by atoms with E-state index in [1.54, 1.807) is 19.1 Å². The summed E-state index contributed by atoms with van der Waals surface area (Å²) in [6.07, 6.45) is -0.781. The maximum atomic E-state index is 12.7. The topological polar surface area (TPSA) is 76.1 Å². The van der Waals surface area contributed by atoms with Crippen LogP contribution in [0.2, 0.25) is 0 Å². The fourth-order valence-electron chi connectivity index (χ4n) is 2.33. The molecule has 2 atom stereocenters. The predicted molar refractivity (Wildman–Crippen MR) is 74.8 cm³/mol. The van der Waals surface area contributed by atoms with Crippen LogP contribution in [0.5, 0.6) is 0 Å². The Balaban J connectivity index is 2.23. The number of ether oxygens (including phenoxy) is 2. The highest BCUT2D eigenvalue weighted by Crippen LogP contribution is 2.22. The summed E-state index contributed by atoms with van der Waals surface area (Å²) in [6.45, 7) is 2.77. The molecule has 0 bridgehead atoms. The summed E-state index contributed by atoms with van der Waals surface area (Å²) in [4.78, 5) is 25.3. The normalized spacial score (nSPS) is 20.0. The summed E-state index contributed by atoms with van der Waals surface area (Å²) in [5.74, 6) is -1.40. The van der Waals surface area contributed by atoms with Gasteiger partial charge in [0.2, 0.25) is 0 Å². The summed E-state index contributed by atoms with van der Waals surface area (Å²) in [7, 11) is 0. The van der Waals surface area contributed by atoms with Crippen molar-refractivity contribution in [3.05, 3.63) is 35.9 Å². The van der Waals surface area contributed by atoms with Crippen LogP contribution in [-0.4, -0.2) is 54.3 Å². The molecule has 1 aliphatic heterocycles. The zero-order valence-corrected chi connectivity index (χ0v) is 11.9. The van der Waals surface area contributed by atoms with E-state index in [-0.39, 0.29) is 19.1 Å². The van der Waals surface area contributed by atoms with Gasteiger partial charge in [0, 0.05) is 13.2 Å². The number of carboxylic acids is 1. The van der Waals surface area contributed by atoms with Gasteiger partial charge in [-0.05, 0) is 12.5 Å². The highest BCUT2D eigenvalue weighted by atomic mass is 16.5. The lowest BCUT2D eigenvalue weighted by atomic mass is 10.1. The molecule has 0 radical (unpaired) electrons. The zero-order chi connectivity index (χ0) is 15.2. The van der Waals surface area contributed by atoms with Gasteiger partial charge in [-0.15, -0.1) is 0 Å². The summed E-state index contributed by atoms with van der Waals surface area (Å²) in [6, 6.07) is 8.14. The molecule has 1 saturated heterocycles. The average Bonchev–Trinajstić information content (AvgIpc) is 2.52. The number of carboxylic acid groups (broad SMARTS) is 1. The van der Waals surface area contributed by atoms with E-state index >= 15 is 0 Å². The first-order valence-corrected chi connectivity index (χ1v) is 6.92. The SMILES string of the molecule is CCOC(C(=O)N1CCOCC1C(=O)O)c1ccccc1. The van der Waals surface area contributed by atoms with Gasteiger partial charge < -0.3 is 19.5 Å². The second-order valence-corrected chi connectivity index (χ2v) is 4.71. The first-order chi connectivity index (χ1) is 10.1. The minimum absolute atomic E-state index is 0.00864. The Hall–Kier alpha value is -1.92. The molecule has 0 saturated carbocycles. The third-order valence-electron chi connectivity index (χ3n) is 3.36. The van der Waals surface area contributed by atoms with E-state index < -0.39 is 18.1 Å². The second kappa shape index (κ2) is 7.19. The summed E-state index contributed by atoms with van der Waals surface area (Å²) < 4.78 is 10.7. The Labute approximate surface area is 123 Å². The number of nitrogens with zero attached hydrogens (tertiary/aromatic N) is 1. The first-order valence-electron chi connectivity index (χ1n) is 6.92. The van der Waals surface area contributed by atoms with Crippen LogP contribution in [0.3, 0.4) is 0 Å². The molecule has 0 aromatic heterocycles. The molecule has 6 heteroatoms.